The fourth-order valence-corrected chi connectivity index (χ4v) is 2.82. The second-order valence-electron chi connectivity index (χ2n) is 4.84. The zero-order chi connectivity index (χ0) is 13.6. The standard InChI is InChI=1S/C10H18O7S/c1-10(2)15-6-5-14-9(13-3)8(7(6)16-10)17-18(4,11)12/h6-9H,5H2,1-4H3/t6-,7+,8+,9-/m0/s1. The Balaban J connectivity index is 2.20. The number of ether oxygens (including phenoxy) is 4. The Bertz CT molecular complexity index is 404. The van der Waals surface area contributed by atoms with E-state index >= 15 is 0 Å². The quantitative estimate of drug-likeness (QED) is 0.666. The van der Waals surface area contributed by atoms with E-state index in [0.717, 1.165) is 6.26 Å². The molecule has 8 heteroatoms. The molecule has 0 aromatic rings. The lowest BCUT2D eigenvalue weighted by Crippen LogP contribution is -2.54. The van der Waals surface area contributed by atoms with Gasteiger partial charge in [-0.15, -0.1) is 0 Å². The summed E-state index contributed by atoms with van der Waals surface area (Å²) in [4.78, 5) is 0. The molecule has 0 aromatic heterocycles. The topological polar surface area (TPSA) is 80.3 Å². The number of hydrogen-bond acceptors (Lipinski definition) is 7. The molecule has 0 spiro atoms. The van der Waals surface area contributed by atoms with E-state index in [0.29, 0.717) is 0 Å². The van der Waals surface area contributed by atoms with E-state index < -0.39 is 34.4 Å². The van der Waals surface area contributed by atoms with Crippen LogP contribution in [0.15, 0.2) is 0 Å². The highest BCUT2D eigenvalue weighted by molar-refractivity contribution is 7.86. The molecule has 2 aliphatic rings. The van der Waals surface area contributed by atoms with Crippen LogP contribution in [0.3, 0.4) is 0 Å². The molecule has 0 aromatic carbocycles. The maximum atomic E-state index is 11.3. The number of hydrogen-bond donors (Lipinski definition) is 0. The average Bonchev–Trinajstić information content (AvgIpc) is 2.51. The summed E-state index contributed by atoms with van der Waals surface area (Å²) in [5.41, 5.74) is 0. The monoisotopic (exact) mass is 282 g/mol. The van der Waals surface area contributed by atoms with Crippen LogP contribution in [0.4, 0.5) is 0 Å². The lowest BCUT2D eigenvalue weighted by Gasteiger charge is -2.35. The van der Waals surface area contributed by atoms with Crippen LogP contribution in [0.5, 0.6) is 0 Å². The predicted molar refractivity (Wildman–Crippen MR) is 60.3 cm³/mol. The van der Waals surface area contributed by atoms with E-state index in [2.05, 4.69) is 0 Å². The first-order valence-corrected chi connectivity index (χ1v) is 7.42. The van der Waals surface area contributed by atoms with E-state index in [4.69, 9.17) is 23.1 Å². The average molecular weight is 282 g/mol. The Hall–Kier alpha value is -0.250. The van der Waals surface area contributed by atoms with Gasteiger partial charge in [-0.05, 0) is 13.8 Å². The van der Waals surface area contributed by atoms with E-state index in [1.54, 1.807) is 13.8 Å². The van der Waals surface area contributed by atoms with Crippen molar-refractivity contribution >= 4 is 10.1 Å². The third kappa shape index (κ3) is 3.01. The van der Waals surface area contributed by atoms with Gasteiger partial charge < -0.3 is 18.9 Å². The van der Waals surface area contributed by atoms with E-state index in [1.807, 2.05) is 0 Å². The van der Waals surface area contributed by atoms with Crippen molar-refractivity contribution in [1.82, 2.24) is 0 Å². The first-order valence-electron chi connectivity index (χ1n) is 5.60. The van der Waals surface area contributed by atoms with Crippen molar-refractivity contribution in [3.8, 4) is 0 Å². The third-order valence-corrected chi connectivity index (χ3v) is 3.33. The lowest BCUT2D eigenvalue weighted by atomic mass is 10.1. The van der Waals surface area contributed by atoms with Crippen molar-refractivity contribution < 1.29 is 31.5 Å². The predicted octanol–water partition coefficient (Wildman–Crippen LogP) is -0.146. The highest BCUT2D eigenvalue weighted by atomic mass is 32.2. The highest BCUT2D eigenvalue weighted by Gasteiger charge is 2.53. The second kappa shape index (κ2) is 4.69. The Morgan fingerprint density at radius 3 is 2.50 bits per heavy atom. The van der Waals surface area contributed by atoms with Crippen LogP contribution in [0.1, 0.15) is 13.8 Å². The van der Waals surface area contributed by atoms with Crippen molar-refractivity contribution in [3.05, 3.63) is 0 Å². The summed E-state index contributed by atoms with van der Waals surface area (Å²) in [5.74, 6) is -0.791. The van der Waals surface area contributed by atoms with Gasteiger partial charge in [0.1, 0.15) is 12.2 Å². The highest BCUT2D eigenvalue weighted by Crippen LogP contribution is 2.36. The van der Waals surface area contributed by atoms with E-state index in [-0.39, 0.29) is 12.7 Å². The number of methoxy groups -OCH3 is 1. The zero-order valence-corrected chi connectivity index (χ0v) is 11.6. The van der Waals surface area contributed by atoms with Gasteiger partial charge in [0.25, 0.3) is 10.1 Å². The molecule has 2 rings (SSSR count). The molecule has 4 atom stereocenters. The summed E-state index contributed by atoms with van der Waals surface area (Å²) >= 11 is 0. The van der Waals surface area contributed by atoms with Crippen molar-refractivity contribution in [2.24, 2.45) is 0 Å². The minimum atomic E-state index is -3.64. The summed E-state index contributed by atoms with van der Waals surface area (Å²) in [7, 11) is -2.22. The zero-order valence-electron chi connectivity index (χ0n) is 10.8. The minimum absolute atomic E-state index is 0.274. The normalized spacial score (nSPS) is 39.6. The molecule has 2 heterocycles. The molecule has 2 fully saturated rings. The molecule has 0 radical (unpaired) electrons. The lowest BCUT2D eigenvalue weighted by molar-refractivity contribution is -0.233. The fraction of sp³-hybridized carbons (Fsp3) is 1.00. The summed E-state index contributed by atoms with van der Waals surface area (Å²) in [5, 5.41) is 0. The van der Waals surface area contributed by atoms with Gasteiger partial charge in [-0.25, -0.2) is 0 Å². The molecule has 106 valence electrons. The van der Waals surface area contributed by atoms with E-state index in [1.165, 1.54) is 7.11 Å². The Labute approximate surface area is 106 Å². The van der Waals surface area contributed by atoms with Crippen LogP contribution in [0.25, 0.3) is 0 Å². The minimum Gasteiger partial charge on any atom is -0.353 e. The molecule has 2 saturated heterocycles. The van der Waals surface area contributed by atoms with Crippen molar-refractivity contribution in [1.29, 1.82) is 0 Å². The van der Waals surface area contributed by atoms with Gasteiger partial charge in [0.2, 0.25) is 0 Å². The molecule has 0 unspecified atom stereocenters. The molecule has 0 N–H and O–H groups in total. The summed E-state index contributed by atoms with van der Waals surface area (Å²) in [6.07, 6.45) is -1.58. The van der Waals surface area contributed by atoms with Crippen molar-refractivity contribution in [2.75, 3.05) is 20.0 Å². The summed E-state index contributed by atoms with van der Waals surface area (Å²) in [6.45, 7) is 3.78. The van der Waals surface area contributed by atoms with Gasteiger partial charge in [0.05, 0.1) is 12.9 Å². The van der Waals surface area contributed by atoms with Gasteiger partial charge >= 0.3 is 0 Å². The van der Waals surface area contributed by atoms with Crippen molar-refractivity contribution in [2.45, 2.75) is 44.2 Å². The van der Waals surface area contributed by atoms with Gasteiger partial charge in [-0.1, -0.05) is 0 Å². The Kier molecular flexibility index (Phi) is 3.69. The number of rotatable bonds is 3. The molecule has 2 aliphatic heterocycles. The first kappa shape index (κ1) is 14.2. The van der Waals surface area contributed by atoms with Crippen LogP contribution < -0.4 is 0 Å². The molecular formula is C10H18O7S. The SMILES string of the molecule is CO[C@H]1OC[C@@H]2OC(C)(C)O[C@H]2[C@H]1OS(C)(=O)=O. The smallest absolute Gasteiger partial charge is 0.264 e. The Morgan fingerprint density at radius 1 is 1.28 bits per heavy atom. The van der Waals surface area contributed by atoms with Crippen LogP contribution in [0.2, 0.25) is 0 Å². The van der Waals surface area contributed by atoms with Crippen LogP contribution >= 0.6 is 0 Å². The van der Waals surface area contributed by atoms with Gasteiger partial charge in [0.15, 0.2) is 18.2 Å². The maximum absolute atomic E-state index is 11.3. The largest absolute Gasteiger partial charge is 0.353 e. The molecule has 0 bridgehead atoms. The molecule has 0 amide bonds. The van der Waals surface area contributed by atoms with Crippen LogP contribution in [-0.4, -0.2) is 58.8 Å². The Morgan fingerprint density at radius 2 is 1.94 bits per heavy atom. The number of fused-ring (bicyclic) bond motifs is 1. The fourth-order valence-electron chi connectivity index (χ4n) is 2.21. The molecular weight excluding hydrogens is 264 g/mol. The van der Waals surface area contributed by atoms with Gasteiger partial charge in [-0.3, -0.25) is 4.18 Å². The molecule has 7 nitrogen and oxygen atoms in total. The van der Waals surface area contributed by atoms with Gasteiger partial charge in [-0.2, -0.15) is 8.42 Å². The molecule has 0 aliphatic carbocycles. The van der Waals surface area contributed by atoms with Crippen LogP contribution in [-0.2, 0) is 33.2 Å². The molecule has 0 saturated carbocycles. The van der Waals surface area contributed by atoms with E-state index in [9.17, 15) is 8.42 Å². The second-order valence-corrected chi connectivity index (χ2v) is 6.44. The maximum Gasteiger partial charge on any atom is 0.264 e. The van der Waals surface area contributed by atoms with Gasteiger partial charge in [0, 0.05) is 7.11 Å². The molecule has 18 heavy (non-hydrogen) atoms. The third-order valence-electron chi connectivity index (χ3n) is 2.76. The first-order chi connectivity index (χ1) is 8.22. The summed E-state index contributed by atoms with van der Waals surface area (Å²) in [6, 6.07) is 0. The van der Waals surface area contributed by atoms with Crippen molar-refractivity contribution in [3.63, 3.8) is 0 Å². The van der Waals surface area contributed by atoms with Crippen LogP contribution in [0, 0.1) is 0 Å². The summed E-state index contributed by atoms with van der Waals surface area (Å²) < 4.78 is 49.3.